The zero-order valence-corrected chi connectivity index (χ0v) is 19.4. The molecule has 4 aliphatic rings. The third-order valence-electron chi connectivity index (χ3n) is 9.21. The van der Waals surface area contributed by atoms with Crippen molar-refractivity contribution in [1.82, 2.24) is 0 Å². The molecule has 32 heavy (non-hydrogen) atoms. The molecular formula is C25H34O7. The van der Waals surface area contributed by atoms with Crippen LogP contribution in [0.1, 0.15) is 72.6 Å². The Morgan fingerprint density at radius 1 is 1.09 bits per heavy atom. The number of hydrogen-bond acceptors (Lipinski definition) is 7. The monoisotopic (exact) mass is 446 g/mol. The third kappa shape index (κ3) is 3.35. The van der Waals surface area contributed by atoms with Crippen molar-refractivity contribution >= 4 is 23.5 Å². The second-order valence-electron chi connectivity index (χ2n) is 10.8. The van der Waals surface area contributed by atoms with Gasteiger partial charge in [-0.15, -0.1) is 0 Å². The number of Topliss-reactive ketones (excluding diaryl/α,β-unsaturated/α-hetero) is 1. The van der Waals surface area contributed by atoms with Crippen LogP contribution in [0.5, 0.6) is 0 Å². The number of ether oxygens (including phenoxy) is 2. The van der Waals surface area contributed by atoms with Gasteiger partial charge in [0.25, 0.3) is 0 Å². The summed E-state index contributed by atoms with van der Waals surface area (Å²) in [6.07, 6.45) is 5.59. The first-order valence-electron chi connectivity index (χ1n) is 11.7. The Kier molecular flexibility index (Phi) is 5.63. The molecule has 0 bridgehead atoms. The summed E-state index contributed by atoms with van der Waals surface area (Å²) in [4.78, 5) is 48.5. The van der Waals surface area contributed by atoms with Gasteiger partial charge in [0.2, 0.25) is 5.78 Å². The maximum atomic E-state index is 13.1. The van der Waals surface area contributed by atoms with Crippen molar-refractivity contribution in [2.45, 2.75) is 84.3 Å². The van der Waals surface area contributed by atoms with E-state index in [1.807, 2.05) is 6.92 Å². The van der Waals surface area contributed by atoms with Crippen LogP contribution in [0.4, 0.5) is 0 Å². The molecule has 0 spiro atoms. The molecule has 0 radical (unpaired) electrons. The van der Waals surface area contributed by atoms with Crippen molar-refractivity contribution in [3.63, 3.8) is 0 Å². The highest BCUT2D eigenvalue weighted by molar-refractivity contribution is 5.92. The Labute approximate surface area is 188 Å². The number of carbonyl (C=O) groups excluding carboxylic acids is 4. The lowest BCUT2D eigenvalue weighted by Gasteiger charge is -2.60. The van der Waals surface area contributed by atoms with Crippen LogP contribution in [0.2, 0.25) is 0 Å². The summed E-state index contributed by atoms with van der Waals surface area (Å²) >= 11 is 0. The molecule has 7 heteroatoms. The fraction of sp³-hybridized carbons (Fsp3) is 0.760. The second kappa shape index (κ2) is 7.79. The van der Waals surface area contributed by atoms with E-state index in [-0.39, 0.29) is 34.9 Å². The van der Waals surface area contributed by atoms with Gasteiger partial charge in [0.1, 0.15) is 11.7 Å². The number of esters is 2. The standard InChI is InChI=1S/C25H34O7/c1-14(26)31-13-21(29)25(30)10-8-19-18-6-5-16-11-17(28)7-9-23(16,3)22(18)20(32-15(2)27)12-24(19,25)4/h11,18-20,22,30H,5-10,12-13H2,1-4H3/t18-,19-,20-,22-,23+,24+,25+/m1/s1. The van der Waals surface area contributed by atoms with Crippen LogP contribution in [0.25, 0.3) is 0 Å². The van der Waals surface area contributed by atoms with Gasteiger partial charge in [-0.3, -0.25) is 19.2 Å². The van der Waals surface area contributed by atoms with E-state index < -0.39 is 35.5 Å². The fourth-order valence-electron chi connectivity index (χ4n) is 7.72. The predicted octanol–water partition coefficient (Wildman–Crippen LogP) is 2.92. The van der Waals surface area contributed by atoms with Crippen LogP contribution >= 0.6 is 0 Å². The lowest BCUT2D eigenvalue weighted by Crippen LogP contribution is -2.62. The van der Waals surface area contributed by atoms with Crippen LogP contribution in [0, 0.1) is 28.6 Å². The largest absolute Gasteiger partial charge is 0.462 e. The molecule has 1 N–H and O–H groups in total. The molecule has 3 saturated carbocycles. The van der Waals surface area contributed by atoms with E-state index in [0.29, 0.717) is 25.7 Å². The Balaban J connectivity index is 1.73. The van der Waals surface area contributed by atoms with Crippen LogP contribution in [0.3, 0.4) is 0 Å². The van der Waals surface area contributed by atoms with Gasteiger partial charge in [0.05, 0.1) is 0 Å². The number of hydrogen-bond donors (Lipinski definition) is 1. The minimum Gasteiger partial charge on any atom is -0.462 e. The quantitative estimate of drug-likeness (QED) is 0.662. The predicted molar refractivity (Wildman–Crippen MR) is 114 cm³/mol. The highest BCUT2D eigenvalue weighted by Gasteiger charge is 2.69. The summed E-state index contributed by atoms with van der Waals surface area (Å²) in [5, 5.41) is 11.7. The van der Waals surface area contributed by atoms with Gasteiger partial charge >= 0.3 is 11.9 Å². The molecule has 0 aliphatic heterocycles. The van der Waals surface area contributed by atoms with Crippen molar-refractivity contribution in [3.8, 4) is 0 Å². The first-order chi connectivity index (χ1) is 14.9. The van der Waals surface area contributed by atoms with E-state index in [4.69, 9.17) is 9.47 Å². The summed E-state index contributed by atoms with van der Waals surface area (Å²) in [7, 11) is 0. The average molecular weight is 447 g/mol. The van der Waals surface area contributed by atoms with E-state index in [2.05, 4.69) is 6.92 Å². The van der Waals surface area contributed by atoms with Crippen LogP contribution in [0.15, 0.2) is 11.6 Å². The SMILES string of the molecule is CC(=O)OCC(=O)[C@@]1(O)CC[C@@H]2[C@H]3CCC4=CC(=O)CC[C@]4(C)[C@H]3[C@H](OC(C)=O)C[C@@]21C. The molecule has 0 aromatic rings. The topological polar surface area (TPSA) is 107 Å². The number of aliphatic hydroxyl groups is 1. The average Bonchev–Trinajstić information content (AvgIpc) is 2.97. The lowest BCUT2D eigenvalue weighted by molar-refractivity contribution is -0.196. The molecule has 0 amide bonds. The van der Waals surface area contributed by atoms with E-state index in [1.165, 1.54) is 13.8 Å². The highest BCUT2D eigenvalue weighted by Crippen LogP contribution is 2.68. The molecule has 0 heterocycles. The summed E-state index contributed by atoms with van der Waals surface area (Å²) in [5.74, 6) is -0.964. The fourth-order valence-corrected chi connectivity index (χ4v) is 7.72. The molecule has 4 aliphatic carbocycles. The van der Waals surface area contributed by atoms with E-state index in [1.54, 1.807) is 6.08 Å². The molecule has 7 atom stereocenters. The summed E-state index contributed by atoms with van der Waals surface area (Å²) in [6.45, 7) is 6.30. The summed E-state index contributed by atoms with van der Waals surface area (Å²) in [5.41, 5.74) is -1.50. The Morgan fingerprint density at radius 2 is 1.81 bits per heavy atom. The zero-order valence-electron chi connectivity index (χ0n) is 19.4. The maximum absolute atomic E-state index is 13.1. The van der Waals surface area contributed by atoms with Crippen molar-refractivity contribution in [2.75, 3.05) is 6.61 Å². The summed E-state index contributed by atoms with van der Waals surface area (Å²) < 4.78 is 10.8. The van der Waals surface area contributed by atoms with E-state index in [9.17, 15) is 24.3 Å². The molecule has 0 aromatic heterocycles. The first kappa shape index (κ1) is 23.1. The molecule has 3 fully saturated rings. The maximum Gasteiger partial charge on any atom is 0.303 e. The van der Waals surface area contributed by atoms with Crippen molar-refractivity contribution in [3.05, 3.63) is 11.6 Å². The zero-order chi connectivity index (χ0) is 23.5. The molecule has 176 valence electrons. The van der Waals surface area contributed by atoms with Crippen LogP contribution < -0.4 is 0 Å². The molecule has 7 nitrogen and oxygen atoms in total. The number of ketones is 2. The number of rotatable bonds is 4. The second-order valence-corrected chi connectivity index (χ2v) is 10.8. The van der Waals surface area contributed by atoms with Gasteiger partial charge in [0, 0.05) is 31.6 Å². The third-order valence-corrected chi connectivity index (χ3v) is 9.21. The first-order valence-corrected chi connectivity index (χ1v) is 11.7. The molecule has 0 unspecified atom stereocenters. The molecule has 4 rings (SSSR count). The molecule has 0 aromatic carbocycles. The van der Waals surface area contributed by atoms with Crippen molar-refractivity contribution in [1.29, 1.82) is 0 Å². The minimum absolute atomic E-state index is 0.0449. The van der Waals surface area contributed by atoms with Crippen LogP contribution in [-0.2, 0) is 28.7 Å². The number of allylic oxidation sites excluding steroid dienone is 1. The minimum atomic E-state index is -1.63. The van der Waals surface area contributed by atoms with Crippen molar-refractivity contribution < 1.29 is 33.8 Å². The van der Waals surface area contributed by atoms with Gasteiger partial charge in [-0.1, -0.05) is 19.4 Å². The number of carbonyl (C=O) groups is 4. The van der Waals surface area contributed by atoms with E-state index in [0.717, 1.165) is 24.8 Å². The van der Waals surface area contributed by atoms with Gasteiger partial charge in [-0.25, -0.2) is 0 Å². The van der Waals surface area contributed by atoms with Gasteiger partial charge in [-0.2, -0.15) is 0 Å². The molecular weight excluding hydrogens is 412 g/mol. The van der Waals surface area contributed by atoms with Crippen LogP contribution in [-0.4, -0.2) is 46.9 Å². The number of fused-ring (bicyclic) bond motifs is 5. The van der Waals surface area contributed by atoms with Gasteiger partial charge in [0.15, 0.2) is 12.4 Å². The Morgan fingerprint density at radius 3 is 2.47 bits per heavy atom. The highest BCUT2D eigenvalue weighted by atomic mass is 16.5. The summed E-state index contributed by atoms with van der Waals surface area (Å²) in [6, 6.07) is 0. The molecule has 0 saturated heterocycles. The van der Waals surface area contributed by atoms with Crippen molar-refractivity contribution in [2.24, 2.45) is 28.6 Å². The normalized spacial score (nSPS) is 42.8. The Hall–Kier alpha value is -2.02. The smallest absolute Gasteiger partial charge is 0.303 e. The van der Waals surface area contributed by atoms with E-state index >= 15 is 0 Å². The van der Waals surface area contributed by atoms with Gasteiger partial charge in [-0.05, 0) is 61.9 Å². The Bertz CT molecular complexity index is 891. The van der Waals surface area contributed by atoms with Gasteiger partial charge < -0.3 is 14.6 Å². The lowest BCUT2D eigenvalue weighted by atomic mass is 9.45.